The van der Waals surface area contributed by atoms with Crippen molar-refractivity contribution >= 4 is 39.5 Å². The molecule has 0 heterocycles. The Morgan fingerprint density at radius 1 is 0.290 bits per heavy atom. The van der Waals surface area contributed by atoms with Gasteiger partial charge in [0.1, 0.15) is 19.3 Å². The van der Waals surface area contributed by atoms with Gasteiger partial charge in [-0.25, -0.2) is 9.13 Å². The third-order valence-electron chi connectivity index (χ3n) is 17.3. The van der Waals surface area contributed by atoms with E-state index in [1.807, 2.05) is 0 Å². The Labute approximate surface area is 568 Å². The summed E-state index contributed by atoms with van der Waals surface area (Å²) in [5.74, 6) is -1.32. The topological polar surface area (TPSA) is 237 Å². The van der Waals surface area contributed by atoms with Crippen LogP contribution in [0.2, 0.25) is 0 Å². The Morgan fingerprint density at radius 2 is 0.495 bits per heavy atom. The summed E-state index contributed by atoms with van der Waals surface area (Å²) < 4.78 is 68.3. The second-order valence-corrected chi connectivity index (χ2v) is 30.1. The number of hydrogen-bond donors (Lipinski definition) is 3. The molecule has 0 radical (unpaired) electrons. The lowest BCUT2D eigenvalue weighted by Gasteiger charge is -2.21. The standard InChI is InChI=1S/C74H144O17P2/c1-6-9-12-15-18-20-22-24-25-26-27-31-35-38-43-48-53-58-72(77)85-64-70(91-74(79)60-55-50-45-40-36-32-29-28-30-33-37-42-46-51-56-67(4)5)66-89-93(82,83)87-62-68(75)61-86-92(80,81)88-65-69(63-84-71(76)57-52-47-41-17-14-11-8-3)90-73(78)59-54-49-44-39-34-23-21-19-16-13-10-7-2/h67-70,75H,6-66H2,1-5H3,(H,80,81)(H,82,83)/t68-,69+,70+/m0/s1. The molecule has 17 nitrogen and oxygen atoms in total. The molecule has 0 rings (SSSR count). The highest BCUT2D eigenvalue weighted by Gasteiger charge is 2.30. The van der Waals surface area contributed by atoms with Crippen LogP contribution >= 0.6 is 15.6 Å². The van der Waals surface area contributed by atoms with E-state index in [0.29, 0.717) is 25.7 Å². The van der Waals surface area contributed by atoms with Crippen molar-refractivity contribution in [3.05, 3.63) is 0 Å². The minimum atomic E-state index is -4.95. The number of aliphatic hydroxyl groups is 1. The number of ether oxygens (including phenoxy) is 4. The molecule has 0 aliphatic heterocycles. The molecule has 2 unspecified atom stereocenters. The zero-order valence-corrected chi connectivity index (χ0v) is 62.2. The van der Waals surface area contributed by atoms with E-state index < -0.39 is 97.5 Å². The van der Waals surface area contributed by atoms with Gasteiger partial charge in [0.15, 0.2) is 12.2 Å². The second-order valence-electron chi connectivity index (χ2n) is 27.2. The van der Waals surface area contributed by atoms with E-state index in [1.165, 1.54) is 199 Å². The third-order valence-corrected chi connectivity index (χ3v) is 19.2. The van der Waals surface area contributed by atoms with E-state index in [2.05, 4.69) is 34.6 Å². The minimum Gasteiger partial charge on any atom is -0.462 e. The molecular formula is C74H144O17P2. The van der Waals surface area contributed by atoms with Gasteiger partial charge in [-0.1, -0.05) is 336 Å². The largest absolute Gasteiger partial charge is 0.472 e. The number of unbranched alkanes of at least 4 members (excludes halogenated alkanes) is 46. The fourth-order valence-corrected chi connectivity index (χ4v) is 12.9. The van der Waals surface area contributed by atoms with E-state index >= 15 is 0 Å². The van der Waals surface area contributed by atoms with Crippen molar-refractivity contribution in [3.8, 4) is 0 Å². The fraction of sp³-hybridized carbons (Fsp3) is 0.946. The Bertz CT molecular complexity index is 1790. The lowest BCUT2D eigenvalue weighted by Crippen LogP contribution is -2.30. The fourth-order valence-electron chi connectivity index (χ4n) is 11.4. The Kier molecular flexibility index (Phi) is 65.9. The first-order valence-corrected chi connectivity index (χ1v) is 41.6. The summed E-state index contributed by atoms with van der Waals surface area (Å²) in [6, 6.07) is 0. The first kappa shape index (κ1) is 91.1. The average molecular weight is 1370 g/mol. The molecule has 0 aliphatic rings. The van der Waals surface area contributed by atoms with Crippen molar-refractivity contribution in [1.82, 2.24) is 0 Å². The predicted molar refractivity (Wildman–Crippen MR) is 377 cm³/mol. The number of aliphatic hydroxyl groups excluding tert-OH is 1. The normalized spacial score (nSPS) is 14.0. The lowest BCUT2D eigenvalue weighted by atomic mass is 10.0. The molecule has 552 valence electrons. The molecule has 0 saturated carbocycles. The van der Waals surface area contributed by atoms with Crippen LogP contribution in [0.5, 0.6) is 0 Å². The van der Waals surface area contributed by atoms with Gasteiger partial charge in [-0.3, -0.25) is 37.3 Å². The van der Waals surface area contributed by atoms with Crippen LogP contribution in [0.25, 0.3) is 0 Å². The average Bonchev–Trinajstić information content (AvgIpc) is 1.92. The van der Waals surface area contributed by atoms with Crippen molar-refractivity contribution in [2.75, 3.05) is 39.6 Å². The van der Waals surface area contributed by atoms with Crippen LogP contribution in [0.15, 0.2) is 0 Å². The quantitative estimate of drug-likeness (QED) is 0.0222. The predicted octanol–water partition coefficient (Wildman–Crippen LogP) is 21.7. The number of phosphoric acid groups is 2. The maximum atomic E-state index is 13.1. The highest BCUT2D eigenvalue weighted by molar-refractivity contribution is 7.47. The number of carbonyl (C=O) groups excluding carboxylic acids is 4. The number of esters is 4. The first-order chi connectivity index (χ1) is 45.0. The molecule has 0 aromatic carbocycles. The summed E-state index contributed by atoms with van der Waals surface area (Å²) in [5, 5.41) is 10.6. The van der Waals surface area contributed by atoms with E-state index in [-0.39, 0.29) is 25.7 Å². The Morgan fingerprint density at radius 3 is 0.731 bits per heavy atom. The number of carbonyl (C=O) groups is 4. The Balaban J connectivity index is 5.19. The third kappa shape index (κ3) is 68.4. The summed E-state index contributed by atoms with van der Waals surface area (Å²) in [4.78, 5) is 72.6. The first-order valence-electron chi connectivity index (χ1n) is 38.6. The van der Waals surface area contributed by atoms with E-state index in [0.717, 1.165) is 109 Å². The van der Waals surface area contributed by atoms with Gasteiger partial charge in [0.2, 0.25) is 0 Å². The van der Waals surface area contributed by atoms with Gasteiger partial charge in [-0.2, -0.15) is 0 Å². The summed E-state index contributed by atoms with van der Waals surface area (Å²) >= 11 is 0. The van der Waals surface area contributed by atoms with E-state index in [9.17, 15) is 43.2 Å². The Hall–Kier alpha value is -1.94. The van der Waals surface area contributed by atoms with Crippen molar-refractivity contribution in [3.63, 3.8) is 0 Å². The van der Waals surface area contributed by atoms with Crippen LogP contribution in [0, 0.1) is 5.92 Å². The van der Waals surface area contributed by atoms with Gasteiger partial charge >= 0.3 is 39.5 Å². The molecule has 0 aliphatic carbocycles. The molecule has 0 saturated heterocycles. The van der Waals surface area contributed by atoms with Gasteiger partial charge in [0.25, 0.3) is 0 Å². The monoisotopic (exact) mass is 1370 g/mol. The van der Waals surface area contributed by atoms with Gasteiger partial charge in [0.05, 0.1) is 26.4 Å². The summed E-state index contributed by atoms with van der Waals surface area (Å²) in [6.45, 7) is 7.26. The van der Waals surface area contributed by atoms with Crippen LogP contribution in [-0.4, -0.2) is 96.7 Å². The number of hydrogen-bond acceptors (Lipinski definition) is 15. The molecular weight excluding hydrogens is 1220 g/mol. The molecule has 3 N–H and O–H groups in total. The zero-order valence-electron chi connectivity index (χ0n) is 60.4. The molecule has 0 amide bonds. The van der Waals surface area contributed by atoms with Gasteiger partial charge in [-0.05, 0) is 31.6 Å². The SMILES string of the molecule is CCCCCCCCCCCCCCCCCCCC(=O)OC[C@H](COP(=O)(O)OC[C@@H](O)COP(=O)(O)OC[C@@H](COC(=O)CCCCCCCCC)OC(=O)CCCCCCCCCCCCCC)OC(=O)CCCCCCCCCCCCCCCCC(C)C. The van der Waals surface area contributed by atoms with Gasteiger partial charge in [0, 0.05) is 25.7 Å². The highest BCUT2D eigenvalue weighted by Crippen LogP contribution is 2.45. The summed E-state index contributed by atoms with van der Waals surface area (Å²) in [6.07, 6.45) is 55.6. The van der Waals surface area contributed by atoms with Crippen LogP contribution in [0.4, 0.5) is 0 Å². The molecule has 0 spiro atoms. The second kappa shape index (κ2) is 67.3. The molecule has 5 atom stereocenters. The van der Waals surface area contributed by atoms with Crippen molar-refractivity contribution in [1.29, 1.82) is 0 Å². The number of rotatable bonds is 74. The molecule has 19 heteroatoms. The van der Waals surface area contributed by atoms with Crippen LogP contribution in [0.1, 0.15) is 388 Å². The molecule has 93 heavy (non-hydrogen) atoms. The van der Waals surface area contributed by atoms with Crippen molar-refractivity contribution in [2.24, 2.45) is 5.92 Å². The highest BCUT2D eigenvalue weighted by atomic mass is 31.2. The van der Waals surface area contributed by atoms with E-state index in [4.69, 9.17) is 37.0 Å². The molecule has 0 bridgehead atoms. The van der Waals surface area contributed by atoms with Crippen LogP contribution < -0.4 is 0 Å². The molecule has 0 fully saturated rings. The van der Waals surface area contributed by atoms with Crippen molar-refractivity contribution < 1.29 is 80.2 Å². The summed E-state index contributed by atoms with van der Waals surface area (Å²) in [5.41, 5.74) is 0. The molecule has 0 aromatic rings. The number of phosphoric ester groups is 2. The van der Waals surface area contributed by atoms with Crippen molar-refractivity contribution in [2.45, 2.75) is 406 Å². The van der Waals surface area contributed by atoms with Crippen LogP contribution in [-0.2, 0) is 65.4 Å². The minimum absolute atomic E-state index is 0.107. The van der Waals surface area contributed by atoms with Gasteiger partial charge in [-0.15, -0.1) is 0 Å². The maximum Gasteiger partial charge on any atom is 0.472 e. The van der Waals surface area contributed by atoms with Gasteiger partial charge < -0.3 is 33.8 Å². The smallest absolute Gasteiger partial charge is 0.462 e. The summed E-state index contributed by atoms with van der Waals surface area (Å²) in [7, 11) is -9.90. The lowest BCUT2D eigenvalue weighted by molar-refractivity contribution is -0.161. The van der Waals surface area contributed by atoms with E-state index in [1.54, 1.807) is 0 Å². The van der Waals surface area contributed by atoms with Crippen LogP contribution in [0.3, 0.4) is 0 Å². The zero-order chi connectivity index (χ0) is 68.4. The maximum absolute atomic E-state index is 13.1. The molecule has 0 aromatic heterocycles.